The van der Waals surface area contributed by atoms with Crippen molar-refractivity contribution in [1.82, 2.24) is 10.0 Å². The maximum Gasteiger partial charge on any atom is 0.244 e. The molecule has 1 fully saturated rings. The third-order valence-electron chi connectivity index (χ3n) is 3.81. The Labute approximate surface area is 149 Å². The van der Waals surface area contributed by atoms with Crippen LogP contribution in [0, 0.1) is 5.92 Å². The number of ether oxygens (including phenoxy) is 1. The number of halogens is 1. The lowest BCUT2D eigenvalue weighted by molar-refractivity contribution is 0.374. The van der Waals surface area contributed by atoms with Gasteiger partial charge >= 0.3 is 0 Å². The molecular weight excluding hydrogens is 376 g/mol. The highest BCUT2D eigenvalue weighted by Crippen LogP contribution is 2.27. The number of piperidine rings is 1. The quantitative estimate of drug-likeness (QED) is 0.734. The highest BCUT2D eigenvalue weighted by atomic mass is 35.5. The Hall–Kier alpha value is -0.870. The zero-order valence-corrected chi connectivity index (χ0v) is 16.1. The van der Waals surface area contributed by atoms with Crippen molar-refractivity contribution in [2.75, 3.05) is 33.0 Å². The van der Waals surface area contributed by atoms with Gasteiger partial charge in [0.1, 0.15) is 10.6 Å². The molecule has 1 heterocycles. The number of methoxy groups -OCH3 is 1. The third-order valence-corrected chi connectivity index (χ3v) is 6.37. The van der Waals surface area contributed by atoms with Gasteiger partial charge in [-0.25, -0.2) is 21.6 Å². The first kappa shape index (κ1) is 21.2. The highest BCUT2D eigenvalue weighted by molar-refractivity contribution is 7.91. The summed E-state index contributed by atoms with van der Waals surface area (Å²) in [4.78, 5) is -0.218. The van der Waals surface area contributed by atoms with Crippen molar-refractivity contribution in [2.45, 2.75) is 22.6 Å². The predicted molar refractivity (Wildman–Crippen MR) is 94.1 cm³/mol. The van der Waals surface area contributed by atoms with E-state index in [-0.39, 0.29) is 33.9 Å². The van der Waals surface area contributed by atoms with Gasteiger partial charge in [0.05, 0.1) is 12.0 Å². The fourth-order valence-electron chi connectivity index (χ4n) is 2.50. The summed E-state index contributed by atoms with van der Waals surface area (Å²) in [5, 5.41) is 3.22. The van der Waals surface area contributed by atoms with Crippen LogP contribution in [0.15, 0.2) is 28.0 Å². The molecule has 1 atom stereocenters. The van der Waals surface area contributed by atoms with E-state index in [9.17, 15) is 16.8 Å². The number of rotatable bonds is 6. The molecule has 7 nitrogen and oxygen atoms in total. The van der Waals surface area contributed by atoms with E-state index >= 15 is 0 Å². The summed E-state index contributed by atoms with van der Waals surface area (Å²) in [6, 6.07) is 3.82. The first-order valence-corrected chi connectivity index (χ1v) is 10.7. The normalized spacial score (nSPS) is 18.7. The summed E-state index contributed by atoms with van der Waals surface area (Å²) in [5.41, 5.74) is 0. The van der Waals surface area contributed by atoms with Gasteiger partial charge in [-0.15, -0.1) is 12.4 Å². The van der Waals surface area contributed by atoms with Crippen LogP contribution in [0.5, 0.6) is 5.75 Å². The molecule has 2 rings (SSSR count). The molecule has 2 N–H and O–H groups in total. The molecule has 0 amide bonds. The predicted octanol–water partition coefficient (Wildman–Crippen LogP) is 0.798. The van der Waals surface area contributed by atoms with Crippen LogP contribution in [0.3, 0.4) is 0 Å². The minimum atomic E-state index is -3.85. The van der Waals surface area contributed by atoms with Gasteiger partial charge in [0.25, 0.3) is 0 Å². The summed E-state index contributed by atoms with van der Waals surface area (Å²) in [7, 11) is -6.01. The van der Waals surface area contributed by atoms with Crippen LogP contribution in [-0.2, 0) is 19.9 Å². The molecule has 1 aliphatic heterocycles. The molecule has 24 heavy (non-hydrogen) atoms. The van der Waals surface area contributed by atoms with Gasteiger partial charge < -0.3 is 10.1 Å². The Morgan fingerprint density at radius 1 is 1.29 bits per heavy atom. The van der Waals surface area contributed by atoms with Crippen LogP contribution in [0.4, 0.5) is 0 Å². The van der Waals surface area contributed by atoms with E-state index in [1.807, 2.05) is 0 Å². The topological polar surface area (TPSA) is 102 Å². The van der Waals surface area contributed by atoms with Gasteiger partial charge in [0.15, 0.2) is 9.84 Å². The van der Waals surface area contributed by atoms with E-state index in [0.29, 0.717) is 6.54 Å². The van der Waals surface area contributed by atoms with Gasteiger partial charge in [-0.1, -0.05) is 0 Å². The van der Waals surface area contributed by atoms with Crippen molar-refractivity contribution >= 4 is 32.3 Å². The minimum absolute atomic E-state index is 0. The molecule has 1 aliphatic rings. The van der Waals surface area contributed by atoms with Gasteiger partial charge in [0.2, 0.25) is 10.0 Å². The van der Waals surface area contributed by atoms with Gasteiger partial charge in [-0.2, -0.15) is 0 Å². The van der Waals surface area contributed by atoms with Crippen molar-refractivity contribution in [2.24, 2.45) is 5.92 Å². The third kappa shape index (κ3) is 5.32. The van der Waals surface area contributed by atoms with Crippen molar-refractivity contribution in [3.05, 3.63) is 18.2 Å². The lowest BCUT2D eigenvalue weighted by atomic mass is 10.0. The maximum atomic E-state index is 12.5. The van der Waals surface area contributed by atoms with Crippen LogP contribution in [0.1, 0.15) is 12.8 Å². The molecule has 138 valence electrons. The van der Waals surface area contributed by atoms with Gasteiger partial charge in [-0.3, -0.25) is 0 Å². The number of sulfone groups is 1. The van der Waals surface area contributed by atoms with E-state index in [2.05, 4.69) is 10.0 Å². The number of hydrogen-bond donors (Lipinski definition) is 2. The monoisotopic (exact) mass is 398 g/mol. The molecule has 0 aromatic heterocycles. The first-order chi connectivity index (χ1) is 10.7. The van der Waals surface area contributed by atoms with Crippen LogP contribution >= 0.6 is 12.4 Å². The minimum Gasteiger partial charge on any atom is -0.495 e. The second kappa shape index (κ2) is 8.48. The summed E-state index contributed by atoms with van der Waals surface area (Å²) in [6.45, 7) is 2.03. The fraction of sp³-hybridized carbons (Fsp3) is 0.571. The van der Waals surface area contributed by atoms with Crippen LogP contribution in [0.2, 0.25) is 0 Å². The van der Waals surface area contributed by atoms with Crippen LogP contribution < -0.4 is 14.8 Å². The number of benzene rings is 1. The average Bonchev–Trinajstić information content (AvgIpc) is 2.52. The second-order valence-corrected chi connectivity index (χ2v) is 9.40. The largest absolute Gasteiger partial charge is 0.495 e. The molecule has 1 saturated heterocycles. The number of hydrogen-bond acceptors (Lipinski definition) is 6. The fourth-order valence-corrected chi connectivity index (χ4v) is 4.53. The van der Waals surface area contributed by atoms with Crippen molar-refractivity contribution < 1.29 is 21.6 Å². The SMILES string of the molecule is COc1ccc(S(C)(=O)=O)cc1S(=O)(=O)NCC1CCCNC1.Cl. The lowest BCUT2D eigenvalue weighted by Gasteiger charge is -2.23. The Balaban J connectivity index is 0.00000288. The molecule has 10 heteroatoms. The zero-order chi connectivity index (χ0) is 17.1. The zero-order valence-electron chi connectivity index (χ0n) is 13.6. The second-order valence-electron chi connectivity index (χ2n) is 5.65. The summed E-state index contributed by atoms with van der Waals surface area (Å²) >= 11 is 0. The molecule has 0 radical (unpaired) electrons. The van der Waals surface area contributed by atoms with Gasteiger partial charge in [-0.05, 0) is 50.0 Å². The van der Waals surface area contributed by atoms with Crippen molar-refractivity contribution in [1.29, 1.82) is 0 Å². The molecule has 1 aromatic rings. The van der Waals surface area contributed by atoms with Crippen LogP contribution in [0.25, 0.3) is 0 Å². The Morgan fingerprint density at radius 3 is 2.54 bits per heavy atom. The first-order valence-electron chi connectivity index (χ1n) is 7.32. The summed E-state index contributed by atoms with van der Waals surface area (Å²) in [5.74, 6) is 0.342. The van der Waals surface area contributed by atoms with Gasteiger partial charge in [0, 0.05) is 12.8 Å². The molecule has 1 unspecified atom stereocenters. The van der Waals surface area contributed by atoms with Crippen molar-refractivity contribution in [3.63, 3.8) is 0 Å². The Kier molecular flexibility index (Phi) is 7.48. The smallest absolute Gasteiger partial charge is 0.244 e. The highest BCUT2D eigenvalue weighted by Gasteiger charge is 2.24. The molecular formula is C14H23ClN2O5S2. The summed E-state index contributed by atoms with van der Waals surface area (Å²) < 4.78 is 56.0. The van der Waals surface area contributed by atoms with E-state index < -0.39 is 19.9 Å². The van der Waals surface area contributed by atoms with Crippen molar-refractivity contribution in [3.8, 4) is 5.75 Å². The number of nitrogens with one attached hydrogen (secondary N) is 2. The molecule has 1 aromatic carbocycles. The number of sulfonamides is 1. The Morgan fingerprint density at radius 2 is 2.00 bits per heavy atom. The molecule has 0 spiro atoms. The van der Waals surface area contributed by atoms with E-state index in [1.54, 1.807) is 0 Å². The maximum absolute atomic E-state index is 12.5. The van der Waals surface area contributed by atoms with E-state index in [1.165, 1.54) is 19.2 Å². The lowest BCUT2D eigenvalue weighted by Crippen LogP contribution is -2.38. The average molecular weight is 399 g/mol. The Bertz CT molecular complexity index is 759. The van der Waals surface area contributed by atoms with E-state index in [0.717, 1.165) is 38.3 Å². The van der Waals surface area contributed by atoms with Crippen LogP contribution in [-0.4, -0.2) is 49.8 Å². The molecule has 0 saturated carbocycles. The molecule has 0 aliphatic carbocycles. The molecule has 0 bridgehead atoms. The summed E-state index contributed by atoms with van der Waals surface area (Å²) in [6.07, 6.45) is 3.00. The standard InChI is InChI=1S/C14H22N2O5S2.ClH/c1-21-13-6-5-12(22(2,17)18)8-14(13)23(19,20)16-10-11-4-3-7-15-9-11;/h5-6,8,11,15-16H,3-4,7,9-10H2,1-2H3;1H. The van der Waals surface area contributed by atoms with E-state index in [4.69, 9.17) is 4.74 Å².